The molecule has 148 valence electrons. The Morgan fingerprint density at radius 2 is 1.96 bits per heavy atom. The summed E-state index contributed by atoms with van der Waals surface area (Å²) in [5.74, 6) is 0.626. The molecule has 2 aromatic heterocycles. The third-order valence-electron chi connectivity index (χ3n) is 4.43. The fraction of sp³-hybridized carbons (Fsp3) is 0.556. The smallest absolute Gasteiger partial charge is 0.263 e. The summed E-state index contributed by atoms with van der Waals surface area (Å²) in [5, 5.41) is 14.0. The maximum absolute atomic E-state index is 12.1. The number of nitrogens with zero attached hydrogens (tertiary/aromatic N) is 4. The van der Waals surface area contributed by atoms with E-state index in [-0.39, 0.29) is 11.9 Å². The van der Waals surface area contributed by atoms with E-state index >= 15 is 0 Å². The van der Waals surface area contributed by atoms with Crippen LogP contribution < -0.4 is 16.0 Å². The van der Waals surface area contributed by atoms with E-state index in [1.165, 1.54) is 22.6 Å². The number of rotatable bonds is 7. The lowest BCUT2D eigenvalue weighted by molar-refractivity contribution is 0.0957. The van der Waals surface area contributed by atoms with Crippen molar-refractivity contribution in [1.29, 1.82) is 0 Å². The Bertz CT molecular complexity index is 809. The summed E-state index contributed by atoms with van der Waals surface area (Å²) in [6.45, 7) is 9.17. The van der Waals surface area contributed by atoms with Gasteiger partial charge in [-0.3, -0.25) is 14.5 Å². The summed E-state index contributed by atoms with van der Waals surface area (Å²) in [6.07, 6.45) is 0.869. The molecule has 0 bridgehead atoms. The first-order valence-electron chi connectivity index (χ1n) is 8.98. The van der Waals surface area contributed by atoms with Gasteiger partial charge in [0, 0.05) is 38.9 Å². The van der Waals surface area contributed by atoms with E-state index in [4.69, 9.17) is 0 Å². The average molecular weight is 392 g/mol. The first-order chi connectivity index (χ1) is 12.8. The van der Waals surface area contributed by atoms with Gasteiger partial charge in [-0.15, -0.1) is 11.3 Å². The summed E-state index contributed by atoms with van der Waals surface area (Å²) < 4.78 is 1.91. The zero-order valence-corrected chi connectivity index (χ0v) is 17.7. The van der Waals surface area contributed by atoms with Gasteiger partial charge in [-0.05, 0) is 39.7 Å². The van der Waals surface area contributed by atoms with Gasteiger partial charge in [0.05, 0.1) is 16.9 Å². The molecule has 0 saturated heterocycles. The zero-order chi connectivity index (χ0) is 20.0. The molecule has 1 unspecified atom stereocenters. The van der Waals surface area contributed by atoms with Crippen molar-refractivity contribution in [1.82, 2.24) is 30.7 Å². The maximum Gasteiger partial charge on any atom is 0.263 e. The topological polar surface area (TPSA) is 96.2 Å². The summed E-state index contributed by atoms with van der Waals surface area (Å²) in [7, 11) is 3.70. The standard InChI is InChI=1S/C18H29N7OS/c1-11(9-15-12(2)24-25(6)14(15)4)23-18(19-5)21-8-7-20-17(26)16-13(3)22-10-27-16/h10-11H,7-9H2,1-6H3,(H,20,26)(H2,19,21,23). The molecule has 0 aliphatic carbocycles. The van der Waals surface area contributed by atoms with Crippen LogP contribution in [-0.2, 0) is 13.5 Å². The molecular formula is C18H29N7OS. The van der Waals surface area contributed by atoms with Gasteiger partial charge in [0.25, 0.3) is 5.91 Å². The van der Waals surface area contributed by atoms with Gasteiger partial charge in [0.2, 0.25) is 0 Å². The SMILES string of the molecule is CN=C(NCCNC(=O)c1scnc1C)NC(C)Cc1c(C)nn(C)c1C. The lowest BCUT2D eigenvalue weighted by Crippen LogP contribution is -2.45. The number of amides is 1. The molecule has 0 aliphatic heterocycles. The summed E-state index contributed by atoms with van der Waals surface area (Å²) >= 11 is 1.35. The highest BCUT2D eigenvalue weighted by molar-refractivity contribution is 7.11. The fourth-order valence-electron chi connectivity index (χ4n) is 2.86. The van der Waals surface area contributed by atoms with Crippen LogP contribution >= 0.6 is 11.3 Å². The Morgan fingerprint density at radius 3 is 2.52 bits per heavy atom. The van der Waals surface area contributed by atoms with Crippen molar-refractivity contribution in [2.24, 2.45) is 12.0 Å². The predicted octanol–water partition coefficient (Wildman–Crippen LogP) is 1.33. The van der Waals surface area contributed by atoms with E-state index in [1.807, 2.05) is 25.6 Å². The molecule has 0 aliphatic rings. The summed E-state index contributed by atoms with van der Waals surface area (Å²) in [4.78, 5) is 21.1. The van der Waals surface area contributed by atoms with E-state index in [0.717, 1.165) is 17.8 Å². The lowest BCUT2D eigenvalue weighted by Gasteiger charge is -2.18. The zero-order valence-electron chi connectivity index (χ0n) is 16.9. The number of nitrogens with one attached hydrogen (secondary N) is 3. The van der Waals surface area contributed by atoms with Crippen molar-refractivity contribution in [3.8, 4) is 0 Å². The first-order valence-corrected chi connectivity index (χ1v) is 9.86. The molecule has 0 spiro atoms. The Balaban J connectivity index is 1.77. The van der Waals surface area contributed by atoms with Crippen LogP contribution in [0.2, 0.25) is 0 Å². The van der Waals surface area contributed by atoms with E-state index in [9.17, 15) is 4.79 Å². The predicted molar refractivity (Wildman–Crippen MR) is 110 cm³/mol. The second-order valence-corrected chi connectivity index (χ2v) is 7.40. The van der Waals surface area contributed by atoms with Crippen LogP contribution in [0.15, 0.2) is 10.5 Å². The van der Waals surface area contributed by atoms with Crippen molar-refractivity contribution in [2.45, 2.75) is 40.2 Å². The number of hydrogen-bond acceptors (Lipinski definition) is 5. The number of guanidine groups is 1. The molecule has 27 heavy (non-hydrogen) atoms. The van der Waals surface area contributed by atoms with Crippen LogP contribution in [0.1, 0.15) is 39.2 Å². The molecule has 1 atom stereocenters. The number of carbonyl (C=O) groups is 1. The number of hydrogen-bond donors (Lipinski definition) is 3. The number of thiazole rings is 1. The minimum Gasteiger partial charge on any atom is -0.355 e. The molecule has 0 aromatic carbocycles. The monoisotopic (exact) mass is 391 g/mol. The van der Waals surface area contributed by atoms with Crippen molar-refractivity contribution >= 4 is 23.2 Å². The molecule has 0 fully saturated rings. The summed E-state index contributed by atoms with van der Waals surface area (Å²) in [6, 6.07) is 0.201. The molecule has 2 rings (SSSR count). The van der Waals surface area contributed by atoms with Crippen LogP contribution in [-0.4, -0.2) is 52.8 Å². The number of aryl methyl sites for hydroxylation is 3. The van der Waals surface area contributed by atoms with Crippen LogP contribution in [0, 0.1) is 20.8 Å². The fourth-order valence-corrected chi connectivity index (χ4v) is 3.57. The Kier molecular flexibility index (Phi) is 7.35. The highest BCUT2D eigenvalue weighted by atomic mass is 32.1. The minimum absolute atomic E-state index is 0.0874. The van der Waals surface area contributed by atoms with Gasteiger partial charge in [0.1, 0.15) is 4.88 Å². The van der Waals surface area contributed by atoms with Gasteiger partial charge < -0.3 is 16.0 Å². The molecular weight excluding hydrogens is 362 g/mol. The molecule has 9 heteroatoms. The number of aromatic nitrogens is 3. The minimum atomic E-state index is -0.0874. The van der Waals surface area contributed by atoms with E-state index < -0.39 is 0 Å². The van der Waals surface area contributed by atoms with Crippen molar-refractivity contribution in [3.63, 3.8) is 0 Å². The Morgan fingerprint density at radius 1 is 1.26 bits per heavy atom. The largest absolute Gasteiger partial charge is 0.355 e. The molecule has 1 amide bonds. The quantitative estimate of drug-likeness (QED) is 0.376. The second-order valence-electron chi connectivity index (χ2n) is 6.54. The van der Waals surface area contributed by atoms with E-state index in [2.05, 4.69) is 44.9 Å². The number of aliphatic imine (C=N–C) groups is 1. The van der Waals surface area contributed by atoms with Gasteiger partial charge in [-0.25, -0.2) is 4.98 Å². The van der Waals surface area contributed by atoms with Crippen molar-refractivity contribution < 1.29 is 4.79 Å². The lowest BCUT2D eigenvalue weighted by atomic mass is 10.1. The van der Waals surface area contributed by atoms with Crippen LogP contribution in [0.4, 0.5) is 0 Å². The average Bonchev–Trinajstić information content (AvgIpc) is 3.15. The van der Waals surface area contributed by atoms with Crippen molar-refractivity contribution in [2.75, 3.05) is 20.1 Å². The third kappa shape index (κ3) is 5.53. The molecule has 0 saturated carbocycles. The van der Waals surface area contributed by atoms with Crippen LogP contribution in [0.25, 0.3) is 0 Å². The van der Waals surface area contributed by atoms with Crippen molar-refractivity contribution in [3.05, 3.63) is 33.0 Å². The van der Waals surface area contributed by atoms with Gasteiger partial charge >= 0.3 is 0 Å². The normalized spacial score (nSPS) is 12.7. The Labute approximate surface area is 164 Å². The van der Waals surface area contributed by atoms with Crippen LogP contribution in [0.5, 0.6) is 0 Å². The highest BCUT2D eigenvalue weighted by Gasteiger charge is 2.14. The van der Waals surface area contributed by atoms with E-state index in [0.29, 0.717) is 23.9 Å². The van der Waals surface area contributed by atoms with Gasteiger partial charge in [-0.2, -0.15) is 5.10 Å². The molecule has 3 N–H and O–H groups in total. The second kappa shape index (κ2) is 9.50. The Hall–Kier alpha value is -2.42. The van der Waals surface area contributed by atoms with E-state index in [1.54, 1.807) is 12.6 Å². The summed E-state index contributed by atoms with van der Waals surface area (Å²) in [5.41, 5.74) is 5.96. The molecule has 0 radical (unpaired) electrons. The third-order valence-corrected chi connectivity index (χ3v) is 5.36. The van der Waals surface area contributed by atoms with Gasteiger partial charge in [0.15, 0.2) is 5.96 Å². The number of carbonyl (C=O) groups excluding carboxylic acids is 1. The van der Waals surface area contributed by atoms with Gasteiger partial charge in [-0.1, -0.05) is 0 Å². The van der Waals surface area contributed by atoms with Crippen LogP contribution in [0.3, 0.4) is 0 Å². The highest BCUT2D eigenvalue weighted by Crippen LogP contribution is 2.14. The molecule has 8 nitrogen and oxygen atoms in total. The first kappa shape index (κ1) is 20.9. The molecule has 2 heterocycles. The molecule has 2 aromatic rings. The maximum atomic E-state index is 12.1.